The van der Waals surface area contributed by atoms with Crippen molar-refractivity contribution in [1.29, 1.82) is 0 Å². The number of benzene rings is 1. The molecule has 0 atom stereocenters. The van der Waals surface area contributed by atoms with E-state index in [1.54, 1.807) is 31.4 Å². The molecule has 27 heavy (non-hydrogen) atoms. The lowest BCUT2D eigenvalue weighted by Gasteiger charge is -2.32. The van der Waals surface area contributed by atoms with Crippen molar-refractivity contribution in [3.05, 3.63) is 29.8 Å². The Labute approximate surface area is 167 Å². The van der Waals surface area contributed by atoms with Gasteiger partial charge in [-0.2, -0.15) is 0 Å². The molecular weight excluding hydrogens is 368 g/mol. The molecule has 1 fully saturated rings. The van der Waals surface area contributed by atoms with E-state index in [4.69, 9.17) is 15.2 Å². The van der Waals surface area contributed by atoms with Crippen LogP contribution in [0.25, 0.3) is 0 Å². The summed E-state index contributed by atoms with van der Waals surface area (Å²) in [4.78, 5) is 26.4. The molecule has 0 aliphatic carbocycles. The van der Waals surface area contributed by atoms with Crippen LogP contribution in [0.1, 0.15) is 48.9 Å². The monoisotopic (exact) mass is 398 g/mol. The van der Waals surface area contributed by atoms with Crippen LogP contribution in [0.3, 0.4) is 0 Å². The third-order valence-corrected chi connectivity index (χ3v) is 4.70. The summed E-state index contributed by atoms with van der Waals surface area (Å²) in [5, 5.41) is 0. The molecule has 1 aromatic carbocycles. The Balaban J connectivity index is 0.00000364. The van der Waals surface area contributed by atoms with Crippen molar-refractivity contribution in [3.63, 3.8) is 0 Å². The molecule has 0 bridgehead atoms. The van der Waals surface area contributed by atoms with E-state index >= 15 is 0 Å². The van der Waals surface area contributed by atoms with E-state index in [-0.39, 0.29) is 30.2 Å². The maximum absolute atomic E-state index is 12.3. The lowest BCUT2D eigenvalue weighted by molar-refractivity contribution is -0.133. The number of methoxy groups -OCH3 is 1. The molecule has 0 unspecified atom stereocenters. The van der Waals surface area contributed by atoms with E-state index in [0.29, 0.717) is 38.0 Å². The maximum Gasteiger partial charge on any atom is 0.222 e. The first-order chi connectivity index (χ1) is 12.6. The van der Waals surface area contributed by atoms with Crippen molar-refractivity contribution >= 4 is 24.1 Å². The van der Waals surface area contributed by atoms with Crippen molar-refractivity contribution in [2.45, 2.75) is 44.6 Å². The Kier molecular flexibility index (Phi) is 11.0. The number of ketones is 1. The number of Topliss-reactive ketones (excluding diaryl/α,β-unsaturated/α-hetero) is 1. The van der Waals surface area contributed by atoms with Crippen molar-refractivity contribution < 1.29 is 19.1 Å². The molecule has 7 heteroatoms. The smallest absolute Gasteiger partial charge is 0.222 e. The van der Waals surface area contributed by atoms with Crippen LogP contribution in [-0.4, -0.2) is 56.0 Å². The zero-order valence-corrected chi connectivity index (χ0v) is 16.8. The van der Waals surface area contributed by atoms with Gasteiger partial charge in [-0.3, -0.25) is 9.59 Å². The molecule has 152 valence electrons. The molecule has 1 amide bonds. The van der Waals surface area contributed by atoms with Gasteiger partial charge in [0.05, 0.1) is 13.2 Å². The summed E-state index contributed by atoms with van der Waals surface area (Å²) >= 11 is 0. The van der Waals surface area contributed by atoms with E-state index in [1.165, 1.54) is 0 Å². The van der Waals surface area contributed by atoms with E-state index < -0.39 is 0 Å². The Morgan fingerprint density at radius 1 is 1.11 bits per heavy atom. The van der Waals surface area contributed by atoms with Gasteiger partial charge in [-0.05, 0) is 56.5 Å². The Morgan fingerprint density at radius 3 is 2.37 bits per heavy atom. The largest absolute Gasteiger partial charge is 0.497 e. The number of hydrogen-bond donors (Lipinski definition) is 1. The van der Waals surface area contributed by atoms with Crippen molar-refractivity contribution in [3.8, 4) is 5.75 Å². The van der Waals surface area contributed by atoms with Crippen LogP contribution in [0.4, 0.5) is 0 Å². The van der Waals surface area contributed by atoms with E-state index in [2.05, 4.69) is 0 Å². The fourth-order valence-corrected chi connectivity index (χ4v) is 3.08. The second-order valence-electron chi connectivity index (χ2n) is 6.60. The van der Waals surface area contributed by atoms with E-state index in [1.807, 2.05) is 4.90 Å². The van der Waals surface area contributed by atoms with E-state index in [0.717, 1.165) is 38.1 Å². The fourth-order valence-electron chi connectivity index (χ4n) is 3.08. The molecule has 0 aromatic heterocycles. The highest BCUT2D eigenvalue weighted by atomic mass is 35.5. The number of carbonyl (C=O) groups excluding carboxylic acids is 2. The Hall–Kier alpha value is -1.63. The zero-order valence-electron chi connectivity index (χ0n) is 16.0. The second-order valence-corrected chi connectivity index (χ2v) is 6.60. The number of piperidine rings is 1. The van der Waals surface area contributed by atoms with Crippen molar-refractivity contribution in [2.75, 3.05) is 33.4 Å². The first-order valence-electron chi connectivity index (χ1n) is 9.40. The van der Waals surface area contributed by atoms with Gasteiger partial charge in [0, 0.05) is 38.1 Å². The van der Waals surface area contributed by atoms with Crippen LogP contribution in [-0.2, 0) is 9.53 Å². The summed E-state index contributed by atoms with van der Waals surface area (Å²) in [5.41, 5.74) is 6.12. The molecular formula is C20H31ClN2O4. The SMILES string of the molecule is COc1ccc(C(=O)CCCC(=O)N2CCC(OCCCN)CC2)cc1.Cl. The average Bonchev–Trinajstić information content (AvgIpc) is 2.68. The molecule has 1 heterocycles. The molecule has 0 radical (unpaired) electrons. The standard InChI is InChI=1S/C20H30N2O4.ClH/c1-25-17-8-6-16(7-9-17)19(23)4-2-5-20(24)22-13-10-18(11-14-22)26-15-3-12-21;/h6-9,18H,2-5,10-15,21H2,1H3;1H. The molecule has 2 N–H and O–H groups in total. The number of rotatable bonds is 10. The quantitative estimate of drug-likeness (QED) is 0.484. The summed E-state index contributed by atoms with van der Waals surface area (Å²) in [7, 11) is 1.59. The fraction of sp³-hybridized carbons (Fsp3) is 0.600. The highest BCUT2D eigenvalue weighted by molar-refractivity contribution is 5.96. The number of nitrogens with zero attached hydrogens (tertiary/aromatic N) is 1. The van der Waals surface area contributed by atoms with Gasteiger partial charge in [0.1, 0.15) is 5.75 Å². The van der Waals surface area contributed by atoms with Gasteiger partial charge in [0.2, 0.25) is 5.91 Å². The van der Waals surface area contributed by atoms with Crippen LogP contribution < -0.4 is 10.5 Å². The van der Waals surface area contributed by atoms with Gasteiger partial charge in [-0.15, -0.1) is 12.4 Å². The minimum Gasteiger partial charge on any atom is -0.497 e. The van der Waals surface area contributed by atoms with Gasteiger partial charge >= 0.3 is 0 Å². The molecule has 0 spiro atoms. The summed E-state index contributed by atoms with van der Waals surface area (Å²) < 4.78 is 10.8. The molecule has 1 aliphatic rings. The van der Waals surface area contributed by atoms with Crippen LogP contribution in [0.15, 0.2) is 24.3 Å². The van der Waals surface area contributed by atoms with Gasteiger partial charge < -0.3 is 20.1 Å². The number of ether oxygens (including phenoxy) is 2. The van der Waals surface area contributed by atoms with Crippen molar-refractivity contribution in [1.82, 2.24) is 4.90 Å². The maximum atomic E-state index is 12.3. The van der Waals surface area contributed by atoms with E-state index in [9.17, 15) is 9.59 Å². The highest BCUT2D eigenvalue weighted by Crippen LogP contribution is 2.17. The lowest BCUT2D eigenvalue weighted by atomic mass is 10.0. The van der Waals surface area contributed by atoms with Crippen LogP contribution in [0, 0.1) is 0 Å². The normalized spacial score (nSPS) is 14.5. The summed E-state index contributed by atoms with van der Waals surface area (Å²) in [5.74, 6) is 0.924. The third kappa shape index (κ3) is 7.87. The molecule has 1 aliphatic heterocycles. The van der Waals surface area contributed by atoms with Crippen LogP contribution in [0.5, 0.6) is 5.75 Å². The second kappa shape index (κ2) is 12.7. The third-order valence-electron chi connectivity index (χ3n) is 4.70. The Morgan fingerprint density at radius 2 is 1.78 bits per heavy atom. The summed E-state index contributed by atoms with van der Waals surface area (Å²) in [6.45, 7) is 2.81. The average molecular weight is 399 g/mol. The minimum absolute atomic E-state index is 0. The number of nitrogens with two attached hydrogens (primary N) is 1. The van der Waals surface area contributed by atoms with Gasteiger partial charge in [0.25, 0.3) is 0 Å². The first-order valence-corrected chi connectivity index (χ1v) is 9.40. The highest BCUT2D eigenvalue weighted by Gasteiger charge is 2.22. The van der Waals surface area contributed by atoms with Gasteiger partial charge in [-0.1, -0.05) is 0 Å². The van der Waals surface area contributed by atoms with Crippen molar-refractivity contribution in [2.24, 2.45) is 5.73 Å². The molecule has 1 saturated heterocycles. The Bertz CT molecular complexity index is 572. The zero-order chi connectivity index (χ0) is 18.8. The minimum atomic E-state index is 0. The molecule has 1 aromatic rings. The lowest BCUT2D eigenvalue weighted by Crippen LogP contribution is -2.41. The number of likely N-dealkylation sites (tertiary alicyclic amines) is 1. The topological polar surface area (TPSA) is 81.9 Å². The summed E-state index contributed by atoms with van der Waals surface area (Å²) in [6, 6.07) is 7.08. The number of hydrogen-bond acceptors (Lipinski definition) is 5. The predicted molar refractivity (Wildman–Crippen MR) is 108 cm³/mol. The number of amides is 1. The van der Waals surface area contributed by atoms with Gasteiger partial charge in [-0.25, -0.2) is 0 Å². The van der Waals surface area contributed by atoms with Crippen LogP contribution >= 0.6 is 12.4 Å². The number of halogens is 1. The molecule has 2 rings (SSSR count). The van der Waals surface area contributed by atoms with Gasteiger partial charge in [0.15, 0.2) is 5.78 Å². The molecule has 6 nitrogen and oxygen atoms in total. The predicted octanol–water partition coefficient (Wildman–Crippen LogP) is 2.83. The molecule has 0 saturated carbocycles. The van der Waals surface area contributed by atoms with Crippen LogP contribution in [0.2, 0.25) is 0 Å². The summed E-state index contributed by atoms with van der Waals surface area (Å²) in [6.07, 6.45) is 4.25. The first kappa shape index (κ1) is 23.4. The number of carbonyl (C=O) groups is 2.